The topological polar surface area (TPSA) is 19.4 Å². The van der Waals surface area contributed by atoms with Crippen LogP contribution in [0, 0.1) is 5.92 Å². The molecular weight excluding hydrogens is 302 g/mol. The average Bonchev–Trinajstić information content (AvgIpc) is 2.94. The summed E-state index contributed by atoms with van der Waals surface area (Å²) in [7, 11) is 0. The summed E-state index contributed by atoms with van der Waals surface area (Å²) in [6, 6.07) is 11.7. The van der Waals surface area contributed by atoms with E-state index in [4.69, 9.17) is 0 Å². The van der Waals surface area contributed by atoms with E-state index in [1.807, 2.05) is 5.51 Å². The molecule has 23 heavy (non-hydrogen) atoms. The van der Waals surface area contributed by atoms with E-state index in [1.165, 1.54) is 56.7 Å². The molecule has 0 N–H and O–H groups in total. The second-order valence-electron chi connectivity index (χ2n) is 7.00. The first-order valence-corrected chi connectivity index (χ1v) is 9.68. The smallest absolute Gasteiger partial charge is 0.0795 e. The number of hydrogen-bond acceptors (Lipinski definition) is 4. The molecule has 3 aliphatic rings. The van der Waals surface area contributed by atoms with Gasteiger partial charge in [0.15, 0.2) is 0 Å². The van der Waals surface area contributed by atoms with E-state index in [0.29, 0.717) is 0 Å². The van der Waals surface area contributed by atoms with Crippen molar-refractivity contribution in [2.24, 2.45) is 5.92 Å². The van der Waals surface area contributed by atoms with Crippen LogP contribution in [0.2, 0.25) is 0 Å². The van der Waals surface area contributed by atoms with Crippen LogP contribution >= 0.6 is 11.3 Å². The van der Waals surface area contributed by atoms with Crippen molar-refractivity contribution in [3.63, 3.8) is 0 Å². The van der Waals surface area contributed by atoms with Gasteiger partial charge in [-0.15, -0.1) is 11.3 Å². The van der Waals surface area contributed by atoms with E-state index in [2.05, 4.69) is 50.5 Å². The van der Waals surface area contributed by atoms with Gasteiger partial charge in [-0.25, -0.2) is 4.98 Å². The fourth-order valence-corrected chi connectivity index (χ4v) is 4.69. The maximum Gasteiger partial charge on any atom is 0.0795 e. The molecule has 1 aromatic heterocycles. The van der Waals surface area contributed by atoms with Gasteiger partial charge < -0.3 is 0 Å². The Hall–Kier alpha value is -1.23. The summed E-state index contributed by atoms with van der Waals surface area (Å²) in [5.74, 6) is 0.836. The first-order chi connectivity index (χ1) is 11.4. The molecule has 0 saturated carbocycles. The third-order valence-corrected chi connectivity index (χ3v) is 5.94. The second kappa shape index (κ2) is 7.12. The van der Waals surface area contributed by atoms with Gasteiger partial charge in [0.1, 0.15) is 0 Å². The quantitative estimate of drug-likeness (QED) is 0.840. The Kier molecular flexibility index (Phi) is 4.74. The van der Waals surface area contributed by atoms with Crippen LogP contribution in [0.3, 0.4) is 0 Å². The van der Waals surface area contributed by atoms with Crippen molar-refractivity contribution >= 4 is 11.3 Å². The highest BCUT2D eigenvalue weighted by molar-refractivity contribution is 7.07. The summed E-state index contributed by atoms with van der Waals surface area (Å²) in [6.07, 6.45) is 3.95. The van der Waals surface area contributed by atoms with Crippen molar-refractivity contribution < 1.29 is 0 Å². The number of piperidine rings is 1. The van der Waals surface area contributed by atoms with E-state index in [0.717, 1.165) is 18.5 Å². The SMILES string of the molecule is c1ccc(CCN2C[C@@H]3CC[C@H]2CN(Cc2cscn2)C3)cc1. The summed E-state index contributed by atoms with van der Waals surface area (Å²) >= 11 is 1.71. The summed E-state index contributed by atoms with van der Waals surface area (Å²) in [4.78, 5) is 9.86. The zero-order valence-electron chi connectivity index (χ0n) is 13.6. The molecule has 5 rings (SSSR count). The number of aromatic nitrogens is 1. The van der Waals surface area contributed by atoms with Crippen molar-refractivity contribution in [1.29, 1.82) is 0 Å². The molecule has 2 aromatic rings. The van der Waals surface area contributed by atoms with Crippen molar-refractivity contribution in [1.82, 2.24) is 14.8 Å². The maximum atomic E-state index is 4.47. The van der Waals surface area contributed by atoms with Crippen LogP contribution in [-0.4, -0.2) is 47.0 Å². The van der Waals surface area contributed by atoms with Crippen LogP contribution in [0.1, 0.15) is 24.1 Å². The highest BCUT2D eigenvalue weighted by atomic mass is 32.1. The molecule has 4 heteroatoms. The lowest BCUT2D eigenvalue weighted by atomic mass is 9.94. The van der Waals surface area contributed by atoms with E-state index >= 15 is 0 Å². The summed E-state index contributed by atoms with van der Waals surface area (Å²) in [5, 5.41) is 2.19. The van der Waals surface area contributed by atoms with Crippen molar-refractivity contribution in [3.8, 4) is 0 Å². The third-order valence-electron chi connectivity index (χ3n) is 5.30. The van der Waals surface area contributed by atoms with Gasteiger partial charge in [0.2, 0.25) is 0 Å². The molecule has 0 amide bonds. The lowest BCUT2D eigenvalue weighted by Gasteiger charge is -2.36. The molecule has 3 aliphatic heterocycles. The summed E-state index contributed by atoms with van der Waals surface area (Å²) in [5.41, 5.74) is 4.66. The van der Waals surface area contributed by atoms with Gasteiger partial charge in [-0.2, -0.15) is 0 Å². The fourth-order valence-electron chi connectivity index (χ4n) is 4.14. The predicted molar refractivity (Wildman–Crippen MR) is 95.6 cm³/mol. The first-order valence-electron chi connectivity index (χ1n) is 8.74. The number of benzene rings is 1. The molecule has 0 spiro atoms. The number of rotatable bonds is 5. The highest BCUT2D eigenvalue weighted by Gasteiger charge is 2.34. The Bertz CT molecular complexity index is 598. The molecule has 0 radical (unpaired) electrons. The number of thiazole rings is 1. The standard InChI is InChI=1S/C19H25N3S/c1-2-4-16(5-3-1)8-9-22-11-17-6-7-19(22)13-21(10-17)12-18-14-23-15-20-18/h1-5,14-15,17,19H,6-13H2/t17-,19+/m1/s1. The zero-order valence-corrected chi connectivity index (χ0v) is 14.4. The Morgan fingerprint density at radius 3 is 2.83 bits per heavy atom. The Balaban J connectivity index is 1.37. The van der Waals surface area contributed by atoms with Gasteiger partial charge in [0.25, 0.3) is 0 Å². The van der Waals surface area contributed by atoms with Gasteiger partial charge in [-0.05, 0) is 30.7 Å². The minimum Gasteiger partial charge on any atom is -0.298 e. The minimum absolute atomic E-state index is 0.732. The predicted octanol–water partition coefficient (Wildman–Crippen LogP) is 3.28. The van der Waals surface area contributed by atoms with Gasteiger partial charge in [0, 0.05) is 44.1 Å². The van der Waals surface area contributed by atoms with E-state index in [-0.39, 0.29) is 0 Å². The molecule has 3 saturated heterocycles. The van der Waals surface area contributed by atoms with Crippen LogP contribution in [0.4, 0.5) is 0 Å². The average molecular weight is 327 g/mol. The maximum absolute atomic E-state index is 4.47. The molecule has 1 aromatic carbocycles. The third kappa shape index (κ3) is 3.82. The van der Waals surface area contributed by atoms with E-state index in [9.17, 15) is 0 Å². The van der Waals surface area contributed by atoms with Gasteiger partial charge in [-0.1, -0.05) is 30.3 Å². The van der Waals surface area contributed by atoms with Gasteiger partial charge in [0.05, 0.1) is 11.2 Å². The van der Waals surface area contributed by atoms with Crippen molar-refractivity contribution in [2.45, 2.75) is 31.8 Å². The zero-order chi connectivity index (χ0) is 15.5. The monoisotopic (exact) mass is 327 g/mol. The van der Waals surface area contributed by atoms with Crippen molar-refractivity contribution in [3.05, 3.63) is 52.5 Å². The largest absolute Gasteiger partial charge is 0.298 e. The molecule has 0 unspecified atom stereocenters. The normalized spacial score (nSPS) is 25.6. The molecule has 122 valence electrons. The molecule has 4 heterocycles. The second-order valence-corrected chi connectivity index (χ2v) is 7.72. The Morgan fingerprint density at radius 2 is 2.00 bits per heavy atom. The summed E-state index contributed by atoms with van der Waals surface area (Å²) in [6.45, 7) is 5.97. The molecule has 3 fully saturated rings. The molecule has 0 aliphatic carbocycles. The molecule has 3 nitrogen and oxygen atoms in total. The lowest BCUT2D eigenvalue weighted by Crippen LogP contribution is -2.44. The molecule has 2 atom stereocenters. The van der Waals surface area contributed by atoms with Gasteiger partial charge in [-0.3, -0.25) is 9.80 Å². The summed E-state index contributed by atoms with van der Waals surface area (Å²) < 4.78 is 0. The van der Waals surface area contributed by atoms with Crippen LogP contribution in [-0.2, 0) is 13.0 Å². The molecular formula is C19H25N3S. The fraction of sp³-hybridized carbons (Fsp3) is 0.526. The number of fused-ring (bicyclic) bond motifs is 4. The number of hydrogen-bond donors (Lipinski definition) is 0. The van der Waals surface area contributed by atoms with Crippen LogP contribution in [0.25, 0.3) is 0 Å². The lowest BCUT2D eigenvalue weighted by molar-refractivity contribution is 0.132. The van der Waals surface area contributed by atoms with Crippen molar-refractivity contribution in [2.75, 3.05) is 26.2 Å². The first kappa shape index (κ1) is 15.3. The van der Waals surface area contributed by atoms with E-state index in [1.54, 1.807) is 11.3 Å². The van der Waals surface area contributed by atoms with Crippen LogP contribution in [0.5, 0.6) is 0 Å². The highest BCUT2D eigenvalue weighted by Crippen LogP contribution is 2.28. The van der Waals surface area contributed by atoms with Crippen LogP contribution < -0.4 is 0 Å². The van der Waals surface area contributed by atoms with Crippen LogP contribution in [0.15, 0.2) is 41.2 Å². The Labute approximate surface area is 143 Å². The molecule has 2 bridgehead atoms. The minimum atomic E-state index is 0.732. The van der Waals surface area contributed by atoms with Gasteiger partial charge >= 0.3 is 0 Å². The van der Waals surface area contributed by atoms with E-state index < -0.39 is 0 Å². The number of nitrogens with zero attached hydrogens (tertiary/aromatic N) is 3. The Morgan fingerprint density at radius 1 is 1.09 bits per heavy atom.